The molecule has 9 heteroatoms. The van der Waals surface area contributed by atoms with E-state index in [1.165, 1.54) is 36.3 Å². The highest BCUT2D eigenvalue weighted by atomic mass is 35.5. The van der Waals surface area contributed by atoms with Gasteiger partial charge in [-0.2, -0.15) is 0 Å². The van der Waals surface area contributed by atoms with E-state index < -0.39 is 28.0 Å². The molecule has 0 bridgehead atoms. The van der Waals surface area contributed by atoms with Gasteiger partial charge in [-0.3, -0.25) is 9.59 Å². The number of nitrogens with zero attached hydrogens (tertiary/aromatic N) is 1. The van der Waals surface area contributed by atoms with Crippen molar-refractivity contribution in [2.45, 2.75) is 17.4 Å². The molecule has 0 aliphatic carbocycles. The van der Waals surface area contributed by atoms with Crippen LogP contribution in [0.2, 0.25) is 5.02 Å². The maximum Gasteiger partial charge on any atom is 0.311 e. The second-order valence-electron chi connectivity index (χ2n) is 6.13. The van der Waals surface area contributed by atoms with E-state index in [1.807, 2.05) is 0 Å². The summed E-state index contributed by atoms with van der Waals surface area (Å²) in [5.74, 6) is -1.46. The molecule has 1 aliphatic heterocycles. The van der Waals surface area contributed by atoms with E-state index in [0.717, 1.165) is 5.56 Å². The molecule has 1 aliphatic rings. The maximum atomic E-state index is 12.7. The largest absolute Gasteiger partial charge is 0.469 e. The lowest BCUT2D eigenvalue weighted by Gasteiger charge is -2.28. The number of nitrogens with two attached hydrogens (primary N) is 1. The Morgan fingerprint density at radius 1 is 1.15 bits per heavy atom. The van der Waals surface area contributed by atoms with Gasteiger partial charge in [0.25, 0.3) is 0 Å². The first-order chi connectivity index (χ1) is 12.7. The number of hydrogen-bond donors (Lipinski definition) is 1. The Labute approximate surface area is 161 Å². The first kappa shape index (κ1) is 19.3. The van der Waals surface area contributed by atoms with E-state index in [1.54, 1.807) is 24.3 Å². The van der Waals surface area contributed by atoms with Crippen molar-refractivity contribution in [2.24, 2.45) is 11.1 Å². The molecule has 7 nitrogen and oxygen atoms in total. The molecule has 142 valence electrons. The second-order valence-corrected chi connectivity index (χ2v) is 8.13. The number of esters is 1. The summed E-state index contributed by atoms with van der Waals surface area (Å²) in [6.45, 7) is 0. The Morgan fingerprint density at radius 2 is 1.74 bits per heavy atom. The lowest BCUT2D eigenvalue weighted by atomic mass is 9.93. The summed E-state index contributed by atoms with van der Waals surface area (Å²) in [6, 6.07) is 11.9. The van der Waals surface area contributed by atoms with Crippen molar-refractivity contribution in [3.8, 4) is 0 Å². The van der Waals surface area contributed by atoms with Gasteiger partial charge in [-0.1, -0.05) is 23.7 Å². The van der Waals surface area contributed by atoms with Gasteiger partial charge in [-0.25, -0.2) is 13.6 Å². The smallest absolute Gasteiger partial charge is 0.311 e. The number of anilines is 1. The van der Waals surface area contributed by atoms with Crippen molar-refractivity contribution in [1.29, 1.82) is 0 Å². The summed E-state index contributed by atoms with van der Waals surface area (Å²) in [5.41, 5.74) is 1.18. The van der Waals surface area contributed by atoms with Crippen molar-refractivity contribution in [2.75, 3.05) is 12.0 Å². The zero-order valence-electron chi connectivity index (χ0n) is 14.3. The molecule has 0 saturated carbocycles. The Hall–Kier alpha value is -2.42. The Bertz CT molecular complexity index is 974. The van der Waals surface area contributed by atoms with Crippen LogP contribution < -0.4 is 10.0 Å². The lowest BCUT2D eigenvalue weighted by molar-refractivity contribution is -0.146. The third-order valence-corrected chi connectivity index (χ3v) is 5.66. The Kier molecular flexibility index (Phi) is 5.23. The van der Waals surface area contributed by atoms with E-state index in [-0.39, 0.29) is 17.2 Å². The maximum absolute atomic E-state index is 12.7. The van der Waals surface area contributed by atoms with Crippen LogP contribution >= 0.6 is 11.6 Å². The third kappa shape index (κ3) is 3.83. The standard InChI is InChI=1S/C18H17ClN2O5S/c1-26-18(23)15-10-16(22)21(17(15)11-2-4-12(19)5-3-11)13-6-8-14(9-7-13)27(20,24)25/h2-9,15,17H,10H2,1H3,(H2,20,24,25)/t15-,17+/m1/s1. The van der Waals surface area contributed by atoms with Gasteiger partial charge < -0.3 is 9.64 Å². The summed E-state index contributed by atoms with van der Waals surface area (Å²) in [4.78, 5) is 26.3. The van der Waals surface area contributed by atoms with Gasteiger partial charge in [-0.15, -0.1) is 0 Å². The van der Waals surface area contributed by atoms with E-state index in [2.05, 4.69) is 0 Å². The number of methoxy groups -OCH3 is 1. The van der Waals surface area contributed by atoms with Crippen molar-refractivity contribution < 1.29 is 22.7 Å². The fraction of sp³-hybridized carbons (Fsp3) is 0.222. The van der Waals surface area contributed by atoms with Crippen molar-refractivity contribution in [3.05, 3.63) is 59.1 Å². The molecule has 27 heavy (non-hydrogen) atoms. The van der Waals surface area contributed by atoms with Crippen LogP contribution in [0.15, 0.2) is 53.4 Å². The van der Waals surface area contributed by atoms with Gasteiger partial charge in [0.15, 0.2) is 0 Å². The molecule has 3 rings (SSSR count). The normalized spacial score (nSPS) is 20.0. The van der Waals surface area contributed by atoms with Crippen molar-refractivity contribution >= 4 is 39.2 Å². The average Bonchev–Trinajstić information content (AvgIpc) is 2.98. The zero-order chi connectivity index (χ0) is 19.8. The van der Waals surface area contributed by atoms with Crippen LogP contribution in [-0.4, -0.2) is 27.4 Å². The Morgan fingerprint density at radius 3 is 2.26 bits per heavy atom. The van der Waals surface area contributed by atoms with E-state index in [0.29, 0.717) is 10.7 Å². The number of amides is 1. The fourth-order valence-electron chi connectivity index (χ4n) is 3.24. The Balaban J connectivity index is 2.06. The number of halogens is 1. The number of ether oxygens (including phenoxy) is 1. The van der Waals surface area contributed by atoms with Crippen LogP contribution in [0.1, 0.15) is 18.0 Å². The molecule has 0 spiro atoms. The quantitative estimate of drug-likeness (QED) is 0.781. The average molecular weight is 409 g/mol. The SMILES string of the molecule is COC(=O)[C@@H]1CC(=O)N(c2ccc(S(N)(=O)=O)cc2)[C@H]1c1ccc(Cl)cc1. The molecule has 1 heterocycles. The highest BCUT2D eigenvalue weighted by molar-refractivity contribution is 7.89. The predicted molar refractivity (Wildman–Crippen MR) is 99.6 cm³/mol. The van der Waals surface area contributed by atoms with E-state index >= 15 is 0 Å². The van der Waals surface area contributed by atoms with Gasteiger partial charge in [0.1, 0.15) is 0 Å². The second kappa shape index (κ2) is 7.30. The van der Waals surface area contributed by atoms with E-state index in [4.69, 9.17) is 21.5 Å². The molecule has 2 aromatic rings. The molecule has 1 amide bonds. The number of rotatable bonds is 4. The molecule has 2 aromatic carbocycles. The van der Waals surface area contributed by atoms with Crippen molar-refractivity contribution in [3.63, 3.8) is 0 Å². The molecule has 0 unspecified atom stereocenters. The summed E-state index contributed by atoms with van der Waals surface area (Å²) in [5, 5.41) is 5.65. The van der Waals surface area contributed by atoms with Gasteiger partial charge in [0, 0.05) is 17.1 Å². The predicted octanol–water partition coefficient (Wildman–Crippen LogP) is 2.25. The molecular weight excluding hydrogens is 392 g/mol. The van der Waals surface area contributed by atoms with Crippen LogP contribution in [0.4, 0.5) is 5.69 Å². The number of hydrogen-bond acceptors (Lipinski definition) is 5. The third-order valence-electron chi connectivity index (χ3n) is 4.48. The fourth-order valence-corrected chi connectivity index (χ4v) is 3.88. The van der Waals surface area contributed by atoms with Gasteiger partial charge in [-0.05, 0) is 42.0 Å². The number of carbonyl (C=O) groups is 2. The minimum Gasteiger partial charge on any atom is -0.469 e. The topological polar surface area (TPSA) is 107 Å². The summed E-state index contributed by atoms with van der Waals surface area (Å²) < 4.78 is 27.8. The molecule has 0 aromatic heterocycles. The summed E-state index contributed by atoms with van der Waals surface area (Å²) in [7, 11) is -2.57. The first-order valence-corrected chi connectivity index (χ1v) is 9.93. The minimum atomic E-state index is -3.85. The highest BCUT2D eigenvalue weighted by Gasteiger charge is 2.45. The first-order valence-electron chi connectivity index (χ1n) is 8.00. The van der Waals surface area contributed by atoms with E-state index in [9.17, 15) is 18.0 Å². The molecule has 2 N–H and O–H groups in total. The van der Waals surface area contributed by atoms with Crippen molar-refractivity contribution in [1.82, 2.24) is 0 Å². The van der Waals surface area contributed by atoms with Gasteiger partial charge >= 0.3 is 5.97 Å². The van der Waals surface area contributed by atoms with Crippen LogP contribution in [0.3, 0.4) is 0 Å². The van der Waals surface area contributed by atoms with Crippen LogP contribution in [0, 0.1) is 5.92 Å². The minimum absolute atomic E-state index is 0.0170. The number of sulfonamides is 1. The molecular formula is C18H17ClN2O5S. The molecule has 1 fully saturated rings. The summed E-state index contributed by atoms with van der Waals surface area (Å²) in [6.07, 6.45) is -0.0170. The zero-order valence-corrected chi connectivity index (χ0v) is 15.9. The number of primary sulfonamides is 1. The lowest BCUT2D eigenvalue weighted by Crippen LogP contribution is -2.31. The molecule has 1 saturated heterocycles. The van der Waals surface area contributed by atoms with Gasteiger partial charge in [0.2, 0.25) is 15.9 Å². The highest BCUT2D eigenvalue weighted by Crippen LogP contribution is 2.42. The molecule has 2 atom stereocenters. The summed E-state index contributed by atoms with van der Waals surface area (Å²) >= 11 is 5.95. The number of benzene rings is 2. The van der Waals surface area contributed by atoms with Crippen LogP contribution in [0.5, 0.6) is 0 Å². The van der Waals surface area contributed by atoms with Gasteiger partial charge in [0.05, 0.1) is 24.0 Å². The van der Waals surface area contributed by atoms with Crippen LogP contribution in [-0.2, 0) is 24.3 Å². The van der Waals surface area contributed by atoms with Crippen LogP contribution in [0.25, 0.3) is 0 Å². The monoisotopic (exact) mass is 408 g/mol. The molecule has 0 radical (unpaired) electrons. The number of carbonyl (C=O) groups excluding carboxylic acids is 2.